The highest BCUT2D eigenvalue weighted by molar-refractivity contribution is 7.09. The average Bonchev–Trinajstić information content (AvgIpc) is 3.05. The van der Waals surface area contributed by atoms with E-state index in [-0.39, 0.29) is 5.41 Å². The average molecular weight is 359 g/mol. The minimum absolute atomic E-state index is 0.0559. The van der Waals surface area contributed by atoms with Crippen LogP contribution in [0.4, 0.5) is 0 Å². The lowest BCUT2D eigenvalue weighted by Gasteiger charge is -2.50. The van der Waals surface area contributed by atoms with Gasteiger partial charge in [0.2, 0.25) is 5.88 Å². The van der Waals surface area contributed by atoms with Gasteiger partial charge in [-0.15, -0.1) is 11.3 Å². The quantitative estimate of drug-likeness (QED) is 0.820. The molecule has 5 nitrogen and oxygen atoms in total. The number of nitrogens with zero attached hydrogens (tertiary/aromatic N) is 3. The van der Waals surface area contributed by atoms with Gasteiger partial charge in [0.25, 0.3) is 0 Å². The lowest BCUT2D eigenvalue weighted by Crippen LogP contribution is -2.57. The Balaban J connectivity index is 1.46. The Morgan fingerprint density at radius 2 is 2.40 bits per heavy atom. The predicted octanol–water partition coefficient (Wildman–Crippen LogP) is 3.30. The first-order chi connectivity index (χ1) is 12.2. The molecule has 0 saturated carbocycles. The Bertz CT molecular complexity index is 693. The first kappa shape index (κ1) is 16.9. The van der Waals surface area contributed by atoms with E-state index in [4.69, 9.17) is 9.47 Å². The van der Waals surface area contributed by atoms with Crippen LogP contribution in [0.25, 0.3) is 0 Å². The summed E-state index contributed by atoms with van der Waals surface area (Å²) in [5, 5.41) is 3.33. The van der Waals surface area contributed by atoms with Crippen molar-refractivity contribution < 1.29 is 9.47 Å². The molecular formula is C19H25N3O2S. The zero-order valence-corrected chi connectivity index (χ0v) is 15.5. The maximum absolute atomic E-state index is 6.14. The number of aryl methyl sites for hydroxylation is 1. The monoisotopic (exact) mass is 359 g/mol. The lowest BCUT2D eigenvalue weighted by molar-refractivity contribution is -0.141. The summed E-state index contributed by atoms with van der Waals surface area (Å²) in [6, 6.07) is 5.80. The summed E-state index contributed by atoms with van der Waals surface area (Å²) in [5.41, 5.74) is 1.17. The fourth-order valence-electron chi connectivity index (χ4n) is 4.04. The highest BCUT2D eigenvalue weighted by Crippen LogP contribution is 2.41. The van der Waals surface area contributed by atoms with Gasteiger partial charge in [0.15, 0.2) is 0 Å². The number of aromatic nitrogens is 2. The molecule has 4 heterocycles. The molecule has 0 aromatic carbocycles. The number of pyridine rings is 1. The normalized spacial score (nSPS) is 27.0. The minimum Gasteiger partial charge on any atom is -0.477 e. The number of piperidine rings is 1. The van der Waals surface area contributed by atoms with Gasteiger partial charge < -0.3 is 9.47 Å². The summed E-state index contributed by atoms with van der Waals surface area (Å²) in [4.78, 5) is 11.5. The second-order valence-electron chi connectivity index (χ2n) is 7.16. The molecule has 2 aliphatic rings. The highest BCUT2D eigenvalue weighted by atomic mass is 32.1. The van der Waals surface area contributed by atoms with Crippen LogP contribution in [0.15, 0.2) is 29.8 Å². The Morgan fingerprint density at radius 3 is 3.20 bits per heavy atom. The van der Waals surface area contributed by atoms with E-state index < -0.39 is 0 Å². The molecule has 2 atom stereocenters. The zero-order valence-electron chi connectivity index (χ0n) is 14.7. The second kappa shape index (κ2) is 7.40. The van der Waals surface area contributed by atoms with E-state index in [1.54, 1.807) is 17.5 Å². The summed E-state index contributed by atoms with van der Waals surface area (Å²) in [5.74, 6) is 0.703. The van der Waals surface area contributed by atoms with E-state index in [9.17, 15) is 0 Å². The van der Waals surface area contributed by atoms with E-state index in [1.165, 1.54) is 5.01 Å². The number of likely N-dealkylation sites (tertiary alicyclic amines) is 1. The van der Waals surface area contributed by atoms with Crippen molar-refractivity contribution in [2.24, 2.45) is 5.41 Å². The Morgan fingerprint density at radius 1 is 1.44 bits per heavy atom. The number of hydrogen-bond donors (Lipinski definition) is 0. The molecule has 134 valence electrons. The van der Waals surface area contributed by atoms with Gasteiger partial charge in [0, 0.05) is 48.4 Å². The third-order valence-corrected chi connectivity index (χ3v) is 6.19. The maximum Gasteiger partial charge on any atom is 0.213 e. The van der Waals surface area contributed by atoms with Crippen molar-refractivity contribution in [1.29, 1.82) is 0 Å². The zero-order chi connectivity index (χ0) is 17.1. The first-order valence-electron chi connectivity index (χ1n) is 9.02. The molecule has 0 spiro atoms. The van der Waals surface area contributed by atoms with Crippen molar-refractivity contribution in [3.63, 3.8) is 0 Å². The number of ether oxygens (including phenoxy) is 2. The van der Waals surface area contributed by atoms with Crippen molar-refractivity contribution in [3.05, 3.63) is 40.5 Å². The molecule has 0 aliphatic carbocycles. The Hall–Kier alpha value is -1.50. The fraction of sp³-hybridized carbons (Fsp3) is 0.579. The Labute approximate surface area is 153 Å². The van der Waals surface area contributed by atoms with Gasteiger partial charge in [-0.2, -0.15) is 0 Å². The van der Waals surface area contributed by atoms with Crippen LogP contribution in [0.3, 0.4) is 0 Å². The van der Waals surface area contributed by atoms with Crippen molar-refractivity contribution in [2.75, 3.05) is 26.3 Å². The van der Waals surface area contributed by atoms with Gasteiger partial charge in [-0.25, -0.2) is 9.97 Å². The third kappa shape index (κ3) is 3.86. The standard InChI is InChI=1S/C19H25N3O2S/c1-15-12-25-18(21-15)11-22-9-6-16-19(13-22,7-4-10-23-16)14-24-17-5-2-3-8-20-17/h2-3,5,8,12,16H,4,6-7,9-11,13-14H2,1H3/t16-,19+/m1/s1. The van der Waals surface area contributed by atoms with E-state index in [0.717, 1.165) is 51.2 Å². The van der Waals surface area contributed by atoms with Crippen LogP contribution in [0.2, 0.25) is 0 Å². The second-order valence-corrected chi connectivity index (χ2v) is 8.11. The molecule has 2 saturated heterocycles. The minimum atomic E-state index is 0.0559. The summed E-state index contributed by atoms with van der Waals surface area (Å²) >= 11 is 1.76. The van der Waals surface area contributed by atoms with E-state index in [2.05, 4.69) is 27.2 Å². The van der Waals surface area contributed by atoms with E-state index >= 15 is 0 Å². The van der Waals surface area contributed by atoms with Gasteiger partial charge >= 0.3 is 0 Å². The summed E-state index contributed by atoms with van der Waals surface area (Å²) < 4.78 is 12.2. The number of rotatable bonds is 5. The van der Waals surface area contributed by atoms with Crippen LogP contribution in [0.5, 0.6) is 5.88 Å². The van der Waals surface area contributed by atoms with Gasteiger partial charge in [0.1, 0.15) is 5.01 Å². The molecule has 4 rings (SSSR count). The summed E-state index contributed by atoms with van der Waals surface area (Å²) in [6.45, 7) is 6.60. The molecule has 25 heavy (non-hydrogen) atoms. The van der Waals surface area contributed by atoms with Crippen molar-refractivity contribution in [1.82, 2.24) is 14.9 Å². The smallest absolute Gasteiger partial charge is 0.213 e. The molecule has 0 bridgehead atoms. The molecule has 2 aromatic heterocycles. The van der Waals surface area contributed by atoms with Crippen LogP contribution in [0, 0.1) is 12.3 Å². The highest BCUT2D eigenvalue weighted by Gasteiger charge is 2.46. The first-order valence-corrected chi connectivity index (χ1v) is 9.90. The van der Waals surface area contributed by atoms with Crippen LogP contribution in [0.1, 0.15) is 30.0 Å². The fourth-order valence-corrected chi connectivity index (χ4v) is 4.86. The van der Waals surface area contributed by atoms with Gasteiger partial charge in [-0.05, 0) is 32.3 Å². The largest absolute Gasteiger partial charge is 0.477 e. The molecule has 0 radical (unpaired) electrons. The molecule has 2 aliphatic heterocycles. The van der Waals surface area contributed by atoms with E-state index in [1.807, 2.05) is 18.2 Å². The van der Waals surface area contributed by atoms with Gasteiger partial charge in [-0.1, -0.05) is 6.07 Å². The summed E-state index contributed by atoms with van der Waals surface area (Å²) in [7, 11) is 0. The van der Waals surface area contributed by atoms with Gasteiger partial charge in [0.05, 0.1) is 19.3 Å². The van der Waals surface area contributed by atoms with Crippen LogP contribution in [-0.2, 0) is 11.3 Å². The molecular weight excluding hydrogens is 334 g/mol. The molecule has 0 N–H and O–H groups in total. The van der Waals surface area contributed by atoms with Crippen LogP contribution in [-0.4, -0.2) is 47.3 Å². The van der Waals surface area contributed by atoms with E-state index in [0.29, 0.717) is 18.6 Å². The third-order valence-electron chi connectivity index (χ3n) is 5.24. The number of thiazole rings is 1. The van der Waals surface area contributed by atoms with Gasteiger partial charge in [-0.3, -0.25) is 4.90 Å². The van der Waals surface area contributed by atoms with Crippen molar-refractivity contribution in [2.45, 2.75) is 38.8 Å². The maximum atomic E-state index is 6.14. The topological polar surface area (TPSA) is 47.5 Å². The van der Waals surface area contributed by atoms with Crippen LogP contribution >= 0.6 is 11.3 Å². The SMILES string of the molecule is Cc1csc(CN2CC[C@H]3OCCC[C@@]3(COc3ccccn3)C2)n1. The van der Waals surface area contributed by atoms with Crippen LogP contribution < -0.4 is 4.74 Å². The molecule has 0 unspecified atom stereocenters. The molecule has 0 amide bonds. The summed E-state index contributed by atoms with van der Waals surface area (Å²) in [6.07, 6.45) is 5.39. The lowest BCUT2D eigenvalue weighted by atomic mass is 9.73. The molecule has 2 fully saturated rings. The molecule has 2 aromatic rings. The number of fused-ring (bicyclic) bond motifs is 1. The number of hydrogen-bond acceptors (Lipinski definition) is 6. The molecule has 6 heteroatoms. The Kier molecular flexibility index (Phi) is 5.01. The van der Waals surface area contributed by atoms with Crippen molar-refractivity contribution >= 4 is 11.3 Å². The van der Waals surface area contributed by atoms with Crippen molar-refractivity contribution in [3.8, 4) is 5.88 Å². The predicted molar refractivity (Wildman–Crippen MR) is 97.9 cm³/mol.